The molecule has 1 rings (SSSR count). The fourth-order valence-corrected chi connectivity index (χ4v) is 1.16. The number of hydrogen-bond donors (Lipinski definition) is 0. The van der Waals surface area contributed by atoms with Crippen molar-refractivity contribution in [2.24, 2.45) is 0 Å². The van der Waals surface area contributed by atoms with Gasteiger partial charge in [0.2, 0.25) is 0 Å². The van der Waals surface area contributed by atoms with Crippen LogP contribution in [0.1, 0.15) is 12.5 Å². The molecule has 1 aromatic carbocycles. The Kier molecular flexibility index (Phi) is 3.64. The molecule has 0 saturated carbocycles. The Morgan fingerprint density at radius 1 is 1.38 bits per heavy atom. The molecule has 0 aromatic heterocycles. The first kappa shape index (κ1) is 10.4. The van der Waals surface area contributed by atoms with Gasteiger partial charge in [-0.15, -0.1) is 0 Å². The summed E-state index contributed by atoms with van der Waals surface area (Å²) in [5, 5.41) is 1.10. The first-order chi connectivity index (χ1) is 6.09. The molecule has 0 fully saturated rings. The molecule has 70 valence electrons. The summed E-state index contributed by atoms with van der Waals surface area (Å²) < 4.78 is 5.23. The molecule has 13 heavy (non-hydrogen) atoms. The van der Waals surface area contributed by atoms with E-state index in [0.717, 1.165) is 5.56 Å². The van der Waals surface area contributed by atoms with Gasteiger partial charge in [0.15, 0.2) is 0 Å². The molecule has 1 aromatic rings. The van der Waals surface area contributed by atoms with Crippen LogP contribution < -0.4 is 0 Å². The van der Waals surface area contributed by atoms with Gasteiger partial charge in [-0.2, -0.15) is 0 Å². The lowest BCUT2D eigenvalue weighted by molar-refractivity contribution is 0.202. The molecule has 0 aliphatic rings. The van der Waals surface area contributed by atoms with Gasteiger partial charge in [0, 0.05) is 0 Å². The lowest BCUT2D eigenvalue weighted by Crippen LogP contribution is -1.89. The van der Waals surface area contributed by atoms with E-state index in [0.29, 0.717) is 22.4 Å². The largest absolute Gasteiger partial charge is 0.494 e. The maximum atomic E-state index is 5.82. The first-order valence-electron chi connectivity index (χ1n) is 3.82. The number of ether oxygens (including phenoxy) is 1. The third-order valence-corrected chi connectivity index (χ3v) is 2.21. The maximum Gasteiger partial charge on any atom is 0.113 e. The Labute approximate surface area is 87.9 Å². The van der Waals surface area contributed by atoms with Crippen molar-refractivity contribution in [2.45, 2.75) is 13.5 Å². The summed E-state index contributed by atoms with van der Waals surface area (Å²) in [5.74, 6) is 0.686. The summed E-state index contributed by atoms with van der Waals surface area (Å²) in [6.45, 7) is 5.91. The smallest absolute Gasteiger partial charge is 0.113 e. The number of benzene rings is 1. The molecule has 1 nitrogen and oxygen atoms in total. The van der Waals surface area contributed by atoms with Gasteiger partial charge in [-0.25, -0.2) is 0 Å². The summed E-state index contributed by atoms with van der Waals surface area (Å²) in [6, 6.07) is 5.41. The van der Waals surface area contributed by atoms with Crippen LogP contribution in [-0.4, -0.2) is 0 Å². The molecular weight excluding hydrogens is 207 g/mol. The Hall–Kier alpha value is -0.660. The summed E-state index contributed by atoms with van der Waals surface area (Å²) in [6.07, 6.45) is 0. The molecule has 0 aliphatic carbocycles. The fourth-order valence-electron chi connectivity index (χ4n) is 0.836. The van der Waals surface area contributed by atoms with E-state index in [1.807, 2.05) is 6.07 Å². The van der Waals surface area contributed by atoms with Gasteiger partial charge >= 0.3 is 0 Å². The molecule has 3 heteroatoms. The Morgan fingerprint density at radius 3 is 2.62 bits per heavy atom. The zero-order valence-corrected chi connectivity index (χ0v) is 8.82. The highest BCUT2D eigenvalue weighted by Crippen LogP contribution is 2.23. The van der Waals surface area contributed by atoms with Gasteiger partial charge in [-0.1, -0.05) is 35.8 Å². The predicted molar refractivity (Wildman–Crippen MR) is 56.1 cm³/mol. The van der Waals surface area contributed by atoms with Crippen LogP contribution in [0.15, 0.2) is 30.5 Å². The van der Waals surface area contributed by atoms with Crippen molar-refractivity contribution in [1.82, 2.24) is 0 Å². The second-order valence-electron chi connectivity index (χ2n) is 2.74. The van der Waals surface area contributed by atoms with Crippen molar-refractivity contribution in [3.05, 3.63) is 46.1 Å². The highest BCUT2D eigenvalue weighted by molar-refractivity contribution is 6.41. The lowest BCUT2D eigenvalue weighted by atomic mass is 10.2. The van der Waals surface area contributed by atoms with Crippen LogP contribution in [0, 0.1) is 0 Å². The van der Waals surface area contributed by atoms with E-state index < -0.39 is 0 Å². The van der Waals surface area contributed by atoms with Gasteiger partial charge in [-0.3, -0.25) is 0 Å². The molecule has 0 atom stereocenters. The van der Waals surface area contributed by atoms with E-state index in [2.05, 4.69) is 6.58 Å². The van der Waals surface area contributed by atoms with Crippen molar-refractivity contribution < 1.29 is 4.74 Å². The zero-order valence-electron chi connectivity index (χ0n) is 7.31. The molecule has 0 N–H and O–H groups in total. The molecule has 0 bridgehead atoms. The summed E-state index contributed by atoms with van der Waals surface area (Å²) in [7, 11) is 0. The van der Waals surface area contributed by atoms with Gasteiger partial charge in [-0.05, 0) is 24.6 Å². The number of hydrogen-bond acceptors (Lipinski definition) is 1. The Morgan fingerprint density at radius 2 is 2.08 bits per heavy atom. The van der Waals surface area contributed by atoms with Gasteiger partial charge in [0.05, 0.1) is 15.8 Å². The van der Waals surface area contributed by atoms with Gasteiger partial charge in [0.1, 0.15) is 6.61 Å². The number of halogens is 2. The minimum absolute atomic E-state index is 0.478. The molecular formula is C10H10Cl2O. The summed E-state index contributed by atoms with van der Waals surface area (Å²) in [4.78, 5) is 0. The van der Waals surface area contributed by atoms with E-state index in [1.165, 1.54) is 0 Å². The van der Waals surface area contributed by atoms with Crippen LogP contribution >= 0.6 is 23.2 Å². The highest BCUT2D eigenvalue weighted by Gasteiger charge is 1.99. The van der Waals surface area contributed by atoms with Crippen molar-refractivity contribution in [3.63, 3.8) is 0 Å². The molecule has 0 saturated heterocycles. The second-order valence-corrected chi connectivity index (χ2v) is 3.55. The van der Waals surface area contributed by atoms with Crippen LogP contribution in [0.4, 0.5) is 0 Å². The molecule has 0 heterocycles. The quantitative estimate of drug-likeness (QED) is 0.694. The van der Waals surface area contributed by atoms with Crippen molar-refractivity contribution in [3.8, 4) is 0 Å². The van der Waals surface area contributed by atoms with Crippen molar-refractivity contribution in [2.75, 3.05) is 0 Å². The third-order valence-electron chi connectivity index (χ3n) is 1.47. The SMILES string of the molecule is C=C(C)OCc1ccc(Cl)c(Cl)c1. The first-order valence-corrected chi connectivity index (χ1v) is 4.57. The van der Waals surface area contributed by atoms with Crippen molar-refractivity contribution >= 4 is 23.2 Å². The minimum Gasteiger partial charge on any atom is -0.494 e. The van der Waals surface area contributed by atoms with Crippen LogP contribution in [0.3, 0.4) is 0 Å². The Bertz CT molecular complexity index is 321. The van der Waals surface area contributed by atoms with Gasteiger partial charge in [0.25, 0.3) is 0 Å². The topological polar surface area (TPSA) is 9.23 Å². The van der Waals surface area contributed by atoms with Crippen LogP contribution in [0.5, 0.6) is 0 Å². The van der Waals surface area contributed by atoms with E-state index in [9.17, 15) is 0 Å². The van der Waals surface area contributed by atoms with Crippen LogP contribution in [-0.2, 0) is 11.3 Å². The number of allylic oxidation sites excluding steroid dienone is 1. The third kappa shape index (κ3) is 3.29. The average Bonchev–Trinajstić information content (AvgIpc) is 2.07. The normalized spacial score (nSPS) is 9.77. The predicted octanol–water partition coefficient (Wildman–Crippen LogP) is 4.04. The van der Waals surface area contributed by atoms with E-state index in [1.54, 1.807) is 19.1 Å². The summed E-state index contributed by atoms with van der Waals surface area (Å²) >= 11 is 11.6. The van der Waals surface area contributed by atoms with Crippen LogP contribution in [0.25, 0.3) is 0 Å². The zero-order chi connectivity index (χ0) is 9.84. The van der Waals surface area contributed by atoms with Crippen molar-refractivity contribution in [1.29, 1.82) is 0 Å². The molecule has 0 aliphatic heterocycles. The van der Waals surface area contributed by atoms with Gasteiger partial charge < -0.3 is 4.74 Å². The van der Waals surface area contributed by atoms with E-state index >= 15 is 0 Å². The molecule has 0 radical (unpaired) electrons. The fraction of sp³-hybridized carbons (Fsp3) is 0.200. The molecule has 0 spiro atoms. The second kappa shape index (κ2) is 4.54. The minimum atomic E-state index is 0.478. The molecule has 0 amide bonds. The van der Waals surface area contributed by atoms with E-state index in [-0.39, 0.29) is 0 Å². The summed E-state index contributed by atoms with van der Waals surface area (Å²) in [5.41, 5.74) is 0.984. The standard InChI is InChI=1S/C10H10Cl2O/c1-7(2)13-6-8-3-4-9(11)10(12)5-8/h3-5H,1,6H2,2H3. The Balaban J connectivity index is 2.68. The van der Waals surface area contributed by atoms with Crippen LogP contribution in [0.2, 0.25) is 10.0 Å². The van der Waals surface area contributed by atoms with E-state index in [4.69, 9.17) is 27.9 Å². The monoisotopic (exact) mass is 216 g/mol. The average molecular weight is 217 g/mol. The molecule has 0 unspecified atom stereocenters. The lowest BCUT2D eigenvalue weighted by Gasteiger charge is -2.05. The maximum absolute atomic E-state index is 5.82. The highest BCUT2D eigenvalue weighted by atomic mass is 35.5. The number of rotatable bonds is 3.